The topological polar surface area (TPSA) is 86.8 Å². The van der Waals surface area contributed by atoms with Crippen LogP contribution in [0, 0.1) is 13.8 Å². The average Bonchev–Trinajstić information content (AvgIpc) is 3.44. The highest BCUT2D eigenvalue weighted by Gasteiger charge is 2.34. The van der Waals surface area contributed by atoms with Crippen molar-refractivity contribution in [1.82, 2.24) is 10.2 Å². The Balaban J connectivity index is 1.73. The summed E-state index contributed by atoms with van der Waals surface area (Å²) in [4.78, 5) is 29.6. The fourth-order valence-electron chi connectivity index (χ4n) is 5.25. The van der Waals surface area contributed by atoms with E-state index in [1.54, 1.807) is 30.3 Å². The van der Waals surface area contributed by atoms with Gasteiger partial charge in [0, 0.05) is 24.0 Å². The van der Waals surface area contributed by atoms with Crippen LogP contribution in [-0.2, 0) is 32.6 Å². The normalized spacial score (nSPS) is 14.4. The number of anilines is 1. The van der Waals surface area contributed by atoms with Gasteiger partial charge in [-0.25, -0.2) is 8.42 Å². The van der Waals surface area contributed by atoms with Gasteiger partial charge >= 0.3 is 0 Å². The average molecular weight is 596 g/mol. The summed E-state index contributed by atoms with van der Waals surface area (Å²) in [5, 5.41) is 3.68. The molecule has 1 atom stereocenters. The number of amides is 2. The van der Waals surface area contributed by atoms with Gasteiger partial charge in [-0.3, -0.25) is 13.9 Å². The van der Waals surface area contributed by atoms with E-state index in [2.05, 4.69) is 5.32 Å². The number of carbonyl (C=O) groups excluding carboxylic acids is 2. The van der Waals surface area contributed by atoms with Gasteiger partial charge in [0.1, 0.15) is 12.6 Å². The van der Waals surface area contributed by atoms with Gasteiger partial charge in [-0.1, -0.05) is 73.0 Å². The molecule has 0 aliphatic heterocycles. The molecule has 0 heterocycles. The van der Waals surface area contributed by atoms with Crippen molar-refractivity contribution >= 4 is 39.1 Å². The fraction of sp³-hybridized carbons (Fsp3) is 0.375. The minimum atomic E-state index is -3.82. The van der Waals surface area contributed by atoms with E-state index in [1.807, 2.05) is 56.3 Å². The Morgan fingerprint density at radius 3 is 2.24 bits per heavy atom. The van der Waals surface area contributed by atoms with E-state index in [9.17, 15) is 18.0 Å². The van der Waals surface area contributed by atoms with Crippen molar-refractivity contribution in [2.75, 3.05) is 17.1 Å². The number of halogens is 1. The lowest BCUT2D eigenvalue weighted by Gasteiger charge is -2.34. The van der Waals surface area contributed by atoms with Crippen molar-refractivity contribution in [2.45, 2.75) is 64.6 Å². The molecule has 3 aromatic rings. The second-order valence-corrected chi connectivity index (χ2v) is 13.2. The molecule has 7 nitrogen and oxygen atoms in total. The first kappa shape index (κ1) is 30.6. The molecule has 0 bridgehead atoms. The van der Waals surface area contributed by atoms with Crippen molar-refractivity contribution in [3.63, 3.8) is 0 Å². The molecule has 1 N–H and O–H groups in total. The van der Waals surface area contributed by atoms with Gasteiger partial charge < -0.3 is 10.2 Å². The Labute approximate surface area is 248 Å². The zero-order chi connectivity index (χ0) is 29.6. The van der Waals surface area contributed by atoms with Gasteiger partial charge in [-0.15, -0.1) is 0 Å². The fourth-order valence-corrected chi connectivity index (χ4v) is 6.30. The molecule has 0 aromatic heterocycles. The predicted octanol–water partition coefficient (Wildman–Crippen LogP) is 5.42. The van der Waals surface area contributed by atoms with E-state index in [1.165, 1.54) is 4.90 Å². The molecule has 4 rings (SSSR count). The number of rotatable bonds is 11. The number of nitrogens with zero attached hydrogens (tertiary/aromatic N) is 2. The van der Waals surface area contributed by atoms with Crippen LogP contribution in [0.4, 0.5) is 5.69 Å². The van der Waals surface area contributed by atoms with Crippen LogP contribution in [0.15, 0.2) is 72.8 Å². The molecule has 218 valence electrons. The third kappa shape index (κ3) is 8.33. The first-order valence-corrected chi connectivity index (χ1v) is 16.2. The summed E-state index contributed by atoms with van der Waals surface area (Å²) < 4.78 is 27.1. The summed E-state index contributed by atoms with van der Waals surface area (Å²) in [7, 11) is -3.82. The van der Waals surface area contributed by atoms with Crippen LogP contribution in [0.2, 0.25) is 5.02 Å². The van der Waals surface area contributed by atoms with Gasteiger partial charge in [-0.2, -0.15) is 0 Å². The van der Waals surface area contributed by atoms with E-state index < -0.39 is 28.5 Å². The third-order valence-corrected chi connectivity index (χ3v) is 9.05. The third-order valence-electron chi connectivity index (χ3n) is 7.67. The lowest BCUT2D eigenvalue weighted by atomic mass is 10.0. The maximum Gasteiger partial charge on any atom is 0.244 e. The summed E-state index contributed by atoms with van der Waals surface area (Å²) in [6.07, 6.45) is 5.29. The van der Waals surface area contributed by atoms with Crippen molar-refractivity contribution in [2.24, 2.45) is 0 Å². The number of hydrogen-bond donors (Lipinski definition) is 1. The lowest BCUT2D eigenvalue weighted by molar-refractivity contribution is -0.140. The van der Waals surface area contributed by atoms with Crippen molar-refractivity contribution in [3.05, 3.63) is 100 Å². The Morgan fingerprint density at radius 1 is 0.927 bits per heavy atom. The van der Waals surface area contributed by atoms with Crippen LogP contribution in [0.5, 0.6) is 0 Å². The van der Waals surface area contributed by atoms with Crippen LogP contribution >= 0.6 is 11.6 Å². The Bertz CT molecular complexity index is 1470. The van der Waals surface area contributed by atoms with Crippen LogP contribution in [0.1, 0.15) is 47.9 Å². The number of aryl methyl sites for hydroxylation is 2. The minimum Gasteiger partial charge on any atom is -0.352 e. The second-order valence-electron chi connectivity index (χ2n) is 10.9. The highest BCUT2D eigenvalue weighted by atomic mass is 35.5. The smallest absolute Gasteiger partial charge is 0.244 e. The molecule has 1 aliphatic rings. The summed E-state index contributed by atoms with van der Waals surface area (Å²) >= 11 is 6.27. The number of nitrogens with one attached hydrogen (secondary N) is 1. The van der Waals surface area contributed by atoms with Crippen LogP contribution < -0.4 is 9.62 Å². The highest BCUT2D eigenvalue weighted by Crippen LogP contribution is 2.24. The van der Waals surface area contributed by atoms with Crippen molar-refractivity contribution in [1.29, 1.82) is 0 Å². The van der Waals surface area contributed by atoms with E-state index in [0.29, 0.717) is 10.7 Å². The quantitative estimate of drug-likeness (QED) is 0.321. The van der Waals surface area contributed by atoms with E-state index in [4.69, 9.17) is 11.6 Å². The molecule has 0 saturated heterocycles. The zero-order valence-corrected chi connectivity index (χ0v) is 25.4. The predicted molar refractivity (Wildman–Crippen MR) is 164 cm³/mol. The number of hydrogen-bond acceptors (Lipinski definition) is 4. The summed E-state index contributed by atoms with van der Waals surface area (Å²) in [6.45, 7) is 3.50. The monoisotopic (exact) mass is 595 g/mol. The number of sulfonamides is 1. The second kappa shape index (κ2) is 13.5. The molecule has 9 heteroatoms. The van der Waals surface area contributed by atoms with Gasteiger partial charge in [0.25, 0.3) is 0 Å². The molecule has 1 unspecified atom stereocenters. The van der Waals surface area contributed by atoms with Crippen LogP contribution in [0.3, 0.4) is 0 Å². The molecule has 1 fully saturated rings. The van der Waals surface area contributed by atoms with E-state index in [0.717, 1.165) is 58.5 Å². The van der Waals surface area contributed by atoms with Crippen molar-refractivity contribution < 1.29 is 18.0 Å². The first-order valence-electron chi connectivity index (χ1n) is 13.9. The van der Waals surface area contributed by atoms with Gasteiger partial charge in [-0.05, 0) is 73.2 Å². The molecule has 2 amide bonds. The van der Waals surface area contributed by atoms with E-state index >= 15 is 0 Å². The maximum absolute atomic E-state index is 14.2. The number of benzene rings is 3. The minimum absolute atomic E-state index is 0.0620. The van der Waals surface area contributed by atoms with Gasteiger partial charge in [0.15, 0.2) is 0 Å². The Kier molecular flexibility index (Phi) is 10.1. The molecule has 41 heavy (non-hydrogen) atoms. The van der Waals surface area contributed by atoms with E-state index in [-0.39, 0.29) is 24.9 Å². The highest BCUT2D eigenvalue weighted by molar-refractivity contribution is 7.92. The summed E-state index contributed by atoms with van der Waals surface area (Å²) in [6, 6.07) is 21.2. The summed E-state index contributed by atoms with van der Waals surface area (Å²) in [5.41, 5.74) is 3.98. The van der Waals surface area contributed by atoms with Gasteiger partial charge in [0.2, 0.25) is 21.8 Å². The zero-order valence-electron chi connectivity index (χ0n) is 23.8. The summed E-state index contributed by atoms with van der Waals surface area (Å²) in [5.74, 6) is -0.718. The maximum atomic E-state index is 14.2. The van der Waals surface area contributed by atoms with Crippen molar-refractivity contribution in [3.8, 4) is 0 Å². The Morgan fingerprint density at radius 2 is 1.61 bits per heavy atom. The molecule has 1 saturated carbocycles. The molecule has 0 spiro atoms. The van der Waals surface area contributed by atoms with Crippen LogP contribution in [0.25, 0.3) is 0 Å². The molecular weight excluding hydrogens is 558 g/mol. The standard InChI is InChI=1S/C32H38ClN3O4S/c1-23-16-17-29(18-24(23)2)36(41(3,39)40)22-31(37)35(21-26-12-9-13-27(33)19-26)30(20-25-10-5-4-6-11-25)32(38)34-28-14-7-8-15-28/h4-6,9-13,16-19,28,30H,7-8,14-15,20-22H2,1-3H3,(H,34,38). The Hall–Kier alpha value is -3.36. The van der Waals surface area contributed by atoms with Crippen LogP contribution in [-0.4, -0.2) is 50.0 Å². The lowest BCUT2D eigenvalue weighted by Crippen LogP contribution is -2.54. The molecule has 0 radical (unpaired) electrons. The SMILES string of the molecule is Cc1ccc(N(CC(=O)N(Cc2cccc(Cl)c2)C(Cc2ccccc2)C(=O)NC2CCCC2)S(C)(=O)=O)cc1C. The largest absolute Gasteiger partial charge is 0.352 e. The molecule has 1 aliphatic carbocycles. The first-order chi connectivity index (χ1) is 19.5. The number of carbonyl (C=O) groups is 2. The van der Waals surface area contributed by atoms with Gasteiger partial charge in [0.05, 0.1) is 11.9 Å². The molecule has 3 aromatic carbocycles. The molecular formula is C32H38ClN3O4S.